The zero-order valence-corrected chi connectivity index (χ0v) is 18.7. The molecular weight excluding hydrogens is 472 g/mol. The molecule has 0 N–H and O–H groups in total. The minimum absolute atomic E-state index is 0.0263. The first-order chi connectivity index (χ1) is 15.8. The van der Waals surface area contributed by atoms with Crippen LogP contribution in [-0.4, -0.2) is 54.7 Å². The topological polar surface area (TPSA) is 83.7 Å². The molecule has 2 aromatic heterocycles. The molecule has 1 saturated heterocycles. The molecule has 0 radical (unpaired) electrons. The van der Waals surface area contributed by atoms with Crippen LogP contribution in [0.1, 0.15) is 10.6 Å². The maximum absolute atomic E-state index is 13.5. The van der Waals surface area contributed by atoms with Gasteiger partial charge in [0.05, 0.1) is 15.1 Å². The number of aromatic nitrogens is 1. The molecule has 0 unspecified atom stereocenters. The van der Waals surface area contributed by atoms with Crippen molar-refractivity contribution in [2.75, 3.05) is 26.2 Å². The van der Waals surface area contributed by atoms with E-state index in [1.807, 2.05) is 24.3 Å². The van der Waals surface area contributed by atoms with E-state index in [-0.39, 0.29) is 42.7 Å². The molecule has 2 aromatic carbocycles. The van der Waals surface area contributed by atoms with Gasteiger partial charge in [-0.05, 0) is 42.5 Å². The van der Waals surface area contributed by atoms with Crippen molar-refractivity contribution in [3.05, 3.63) is 72.0 Å². The lowest BCUT2D eigenvalue weighted by molar-refractivity contribution is 0.0667. The smallest absolute Gasteiger partial charge is 0.289 e. The first-order valence-corrected chi connectivity index (χ1v) is 12.3. The number of benzene rings is 2. The number of carbonyl (C=O) groups is 1. The van der Waals surface area contributed by atoms with E-state index in [0.29, 0.717) is 16.8 Å². The fraction of sp³-hybridized carbons (Fsp3) is 0.182. The molecule has 0 bridgehead atoms. The van der Waals surface area contributed by atoms with Crippen LogP contribution in [0, 0.1) is 11.6 Å². The van der Waals surface area contributed by atoms with Gasteiger partial charge in [0.25, 0.3) is 5.91 Å². The van der Waals surface area contributed by atoms with Crippen molar-refractivity contribution in [3.8, 4) is 10.8 Å². The van der Waals surface area contributed by atoms with Crippen molar-refractivity contribution in [1.29, 1.82) is 0 Å². The number of halogens is 2. The Bertz CT molecular complexity index is 1420. The highest BCUT2D eigenvalue weighted by molar-refractivity contribution is 7.89. The van der Waals surface area contributed by atoms with Gasteiger partial charge in [-0.15, -0.1) is 11.3 Å². The Hall–Kier alpha value is -3.15. The Morgan fingerprint density at radius 1 is 0.970 bits per heavy atom. The second kappa shape index (κ2) is 8.32. The van der Waals surface area contributed by atoms with Gasteiger partial charge in [0.1, 0.15) is 0 Å². The largest absolute Gasteiger partial charge is 0.448 e. The van der Waals surface area contributed by atoms with Gasteiger partial charge in [0.15, 0.2) is 28.2 Å². The lowest BCUT2D eigenvalue weighted by atomic mass is 10.3. The second-order valence-corrected chi connectivity index (χ2v) is 10.4. The van der Waals surface area contributed by atoms with E-state index in [0.717, 1.165) is 26.7 Å². The van der Waals surface area contributed by atoms with Crippen LogP contribution in [0.3, 0.4) is 0 Å². The van der Waals surface area contributed by atoms with Gasteiger partial charge in [-0.3, -0.25) is 4.79 Å². The molecule has 4 aromatic rings. The number of amides is 1. The first-order valence-electron chi connectivity index (χ1n) is 10.0. The van der Waals surface area contributed by atoms with Gasteiger partial charge in [0, 0.05) is 26.2 Å². The summed E-state index contributed by atoms with van der Waals surface area (Å²) in [5.74, 6) is -2.08. The lowest BCUT2D eigenvalue weighted by Gasteiger charge is -2.33. The normalized spacial score (nSPS) is 15.3. The van der Waals surface area contributed by atoms with Gasteiger partial charge in [0.2, 0.25) is 10.0 Å². The van der Waals surface area contributed by atoms with Crippen LogP contribution in [0.25, 0.3) is 21.0 Å². The molecule has 0 atom stereocenters. The summed E-state index contributed by atoms with van der Waals surface area (Å²) >= 11 is 1.46. The number of hydrogen-bond donors (Lipinski definition) is 0. The Morgan fingerprint density at radius 3 is 2.45 bits per heavy atom. The quantitative estimate of drug-likeness (QED) is 0.433. The minimum Gasteiger partial charge on any atom is -0.448 e. The van der Waals surface area contributed by atoms with E-state index < -0.39 is 21.7 Å². The monoisotopic (exact) mass is 489 g/mol. The molecule has 1 aliphatic rings. The highest BCUT2D eigenvalue weighted by Crippen LogP contribution is 2.31. The number of para-hydroxylation sites is 1. The molecule has 1 aliphatic heterocycles. The minimum atomic E-state index is -4.00. The van der Waals surface area contributed by atoms with Gasteiger partial charge >= 0.3 is 0 Å². The van der Waals surface area contributed by atoms with Crippen molar-refractivity contribution in [2.24, 2.45) is 0 Å². The van der Waals surface area contributed by atoms with Crippen molar-refractivity contribution in [1.82, 2.24) is 14.2 Å². The summed E-state index contributed by atoms with van der Waals surface area (Å²) in [6.45, 7) is 0.328. The molecule has 170 valence electrons. The number of furan rings is 1. The van der Waals surface area contributed by atoms with Gasteiger partial charge < -0.3 is 9.32 Å². The maximum atomic E-state index is 13.5. The summed E-state index contributed by atoms with van der Waals surface area (Å²) < 4.78 is 60.0. The van der Waals surface area contributed by atoms with E-state index in [1.54, 1.807) is 12.1 Å². The van der Waals surface area contributed by atoms with Crippen LogP contribution in [-0.2, 0) is 10.0 Å². The van der Waals surface area contributed by atoms with E-state index in [9.17, 15) is 22.0 Å². The molecule has 7 nitrogen and oxygen atoms in total. The summed E-state index contributed by atoms with van der Waals surface area (Å²) in [7, 11) is -4.00. The standard InChI is InChI=1S/C22H17F2N3O4S2/c23-15-6-5-14(13-16(15)24)33(29,30)27-11-9-26(10-12-27)22(28)19-8-7-18(31-19)21-25-17-3-1-2-4-20(17)32-21/h1-8,13H,9-12H2. The number of carbonyl (C=O) groups excluding carboxylic acids is 1. The van der Waals surface area contributed by atoms with Gasteiger partial charge in [-0.1, -0.05) is 12.1 Å². The predicted molar refractivity (Wildman–Crippen MR) is 118 cm³/mol. The number of piperazine rings is 1. The number of hydrogen-bond acceptors (Lipinski definition) is 6. The van der Waals surface area contributed by atoms with Crippen LogP contribution in [0.2, 0.25) is 0 Å². The highest BCUT2D eigenvalue weighted by Gasteiger charge is 2.32. The number of thiazole rings is 1. The molecule has 33 heavy (non-hydrogen) atoms. The summed E-state index contributed by atoms with van der Waals surface area (Å²) in [6.07, 6.45) is 0. The van der Waals surface area contributed by atoms with E-state index >= 15 is 0 Å². The molecule has 3 heterocycles. The van der Waals surface area contributed by atoms with E-state index in [2.05, 4.69) is 4.98 Å². The summed E-state index contributed by atoms with van der Waals surface area (Å²) in [5, 5.41) is 0.665. The molecule has 1 amide bonds. The third kappa shape index (κ3) is 4.03. The molecule has 0 spiro atoms. The second-order valence-electron chi connectivity index (χ2n) is 7.42. The third-order valence-corrected chi connectivity index (χ3v) is 8.32. The van der Waals surface area contributed by atoms with Crippen molar-refractivity contribution < 1.29 is 26.4 Å². The third-order valence-electron chi connectivity index (χ3n) is 5.38. The fourth-order valence-corrected chi connectivity index (χ4v) is 5.98. The molecule has 5 rings (SSSR count). The molecule has 1 fully saturated rings. The summed E-state index contributed by atoms with van der Waals surface area (Å²) in [5.41, 5.74) is 0.847. The predicted octanol–water partition coefficient (Wildman–Crippen LogP) is 3.98. The average molecular weight is 490 g/mol. The molecule has 0 saturated carbocycles. The van der Waals surface area contributed by atoms with Gasteiger partial charge in [-0.25, -0.2) is 22.2 Å². The summed E-state index contributed by atoms with van der Waals surface area (Å²) in [4.78, 5) is 18.6. The number of fused-ring (bicyclic) bond motifs is 1. The van der Waals surface area contributed by atoms with Crippen LogP contribution >= 0.6 is 11.3 Å². The number of rotatable bonds is 4. The molecule has 11 heteroatoms. The summed E-state index contributed by atoms with van der Waals surface area (Å²) in [6, 6.07) is 13.4. The number of sulfonamides is 1. The van der Waals surface area contributed by atoms with Crippen LogP contribution in [0.5, 0.6) is 0 Å². The first kappa shape index (κ1) is 21.7. The highest BCUT2D eigenvalue weighted by atomic mass is 32.2. The van der Waals surface area contributed by atoms with E-state index in [4.69, 9.17) is 4.42 Å². The van der Waals surface area contributed by atoms with Gasteiger partial charge in [-0.2, -0.15) is 4.31 Å². The van der Waals surface area contributed by atoms with Crippen molar-refractivity contribution in [2.45, 2.75) is 4.90 Å². The maximum Gasteiger partial charge on any atom is 0.289 e. The van der Waals surface area contributed by atoms with Crippen molar-refractivity contribution in [3.63, 3.8) is 0 Å². The Morgan fingerprint density at radius 2 is 1.73 bits per heavy atom. The van der Waals surface area contributed by atoms with E-state index in [1.165, 1.54) is 16.2 Å². The van der Waals surface area contributed by atoms with Crippen molar-refractivity contribution >= 4 is 37.5 Å². The molecular formula is C22H17F2N3O4S2. The molecule has 0 aliphatic carbocycles. The van der Waals surface area contributed by atoms with Crippen LogP contribution in [0.4, 0.5) is 8.78 Å². The Balaban J connectivity index is 1.27. The Kier molecular flexibility index (Phi) is 5.47. The SMILES string of the molecule is O=C(c1ccc(-c2nc3ccccc3s2)o1)N1CCN(S(=O)(=O)c2ccc(F)c(F)c2)CC1. The number of nitrogens with zero attached hydrogens (tertiary/aromatic N) is 3. The average Bonchev–Trinajstić information content (AvgIpc) is 3.47. The van der Waals surface area contributed by atoms with Crippen LogP contribution < -0.4 is 0 Å². The van der Waals surface area contributed by atoms with Crippen LogP contribution in [0.15, 0.2) is 63.9 Å². The fourth-order valence-electron chi connectivity index (χ4n) is 3.62. The lowest BCUT2D eigenvalue weighted by Crippen LogP contribution is -2.50. The Labute approximate surface area is 191 Å². The zero-order valence-electron chi connectivity index (χ0n) is 17.1. The zero-order chi connectivity index (χ0) is 23.2.